The molecule has 2 aliphatic heterocycles. The van der Waals surface area contributed by atoms with Crippen LogP contribution >= 0.6 is 11.8 Å². The Kier molecular flexibility index (Phi) is 4.11. The minimum Gasteiger partial charge on any atom is -0.377 e. The van der Waals surface area contributed by atoms with Gasteiger partial charge in [0.15, 0.2) is 5.82 Å². The number of hydrogen-bond acceptors (Lipinski definition) is 7. The summed E-state index contributed by atoms with van der Waals surface area (Å²) in [5.74, 6) is 1.46. The molecule has 0 aromatic carbocycles. The Morgan fingerprint density at radius 2 is 2.29 bits per heavy atom. The molecule has 8 nitrogen and oxygen atoms in total. The fourth-order valence-electron chi connectivity index (χ4n) is 2.56. The van der Waals surface area contributed by atoms with Crippen LogP contribution in [0.2, 0.25) is 0 Å². The van der Waals surface area contributed by atoms with E-state index in [2.05, 4.69) is 10.1 Å². The van der Waals surface area contributed by atoms with Gasteiger partial charge in [-0.05, 0) is 0 Å². The number of amides is 2. The molecule has 0 bridgehead atoms. The van der Waals surface area contributed by atoms with Crippen molar-refractivity contribution in [3.05, 3.63) is 12.2 Å². The number of carbonyl (C=O) groups excluding carboxylic acids is 2. The summed E-state index contributed by atoms with van der Waals surface area (Å²) in [4.78, 5) is 31.7. The Labute approximate surface area is 125 Å². The van der Waals surface area contributed by atoms with E-state index in [0.29, 0.717) is 37.2 Å². The van der Waals surface area contributed by atoms with Crippen molar-refractivity contribution in [3.8, 4) is 0 Å². The summed E-state index contributed by atoms with van der Waals surface area (Å²) in [7, 11) is 0. The first-order valence-electron chi connectivity index (χ1n) is 6.68. The topological polar surface area (TPSA) is 88.8 Å². The number of rotatable bonds is 2. The number of carbonyl (C=O) groups is 2. The molecule has 114 valence electrons. The van der Waals surface area contributed by atoms with Gasteiger partial charge < -0.3 is 19.1 Å². The molecule has 2 atom stereocenters. The van der Waals surface area contributed by atoms with Crippen LogP contribution in [-0.2, 0) is 14.3 Å². The first-order valence-corrected chi connectivity index (χ1v) is 7.83. The molecule has 21 heavy (non-hydrogen) atoms. The second-order valence-corrected chi connectivity index (χ2v) is 5.92. The summed E-state index contributed by atoms with van der Waals surface area (Å²) in [5, 5.41) is 3.81. The van der Waals surface area contributed by atoms with Gasteiger partial charge in [-0.2, -0.15) is 4.98 Å². The van der Waals surface area contributed by atoms with Gasteiger partial charge in [0.05, 0.1) is 19.1 Å². The summed E-state index contributed by atoms with van der Waals surface area (Å²) < 4.78 is 10.2. The molecule has 2 fully saturated rings. The fraction of sp³-hybridized carbons (Fsp3) is 0.667. The van der Waals surface area contributed by atoms with Gasteiger partial charge in [0.25, 0.3) is 0 Å². The quantitative estimate of drug-likeness (QED) is 0.753. The van der Waals surface area contributed by atoms with Crippen molar-refractivity contribution < 1.29 is 18.8 Å². The summed E-state index contributed by atoms with van der Waals surface area (Å²) in [6.07, 6.45) is 1.24. The lowest BCUT2D eigenvalue weighted by atomic mass is 10.1. The molecule has 9 heteroatoms. The zero-order valence-electron chi connectivity index (χ0n) is 11.6. The Balaban J connectivity index is 1.80. The zero-order chi connectivity index (χ0) is 14.8. The predicted molar refractivity (Wildman–Crippen MR) is 73.2 cm³/mol. The van der Waals surface area contributed by atoms with Crippen LogP contribution in [0.15, 0.2) is 10.9 Å². The number of aromatic nitrogens is 2. The van der Waals surface area contributed by atoms with Crippen molar-refractivity contribution in [1.82, 2.24) is 19.9 Å². The highest BCUT2D eigenvalue weighted by atomic mass is 32.2. The van der Waals surface area contributed by atoms with Gasteiger partial charge in [0, 0.05) is 19.2 Å². The molecule has 2 aliphatic rings. The molecule has 1 aromatic rings. The van der Waals surface area contributed by atoms with E-state index < -0.39 is 6.04 Å². The van der Waals surface area contributed by atoms with Gasteiger partial charge in [0.2, 0.25) is 18.2 Å². The maximum atomic E-state index is 12.8. The summed E-state index contributed by atoms with van der Waals surface area (Å²) in [6, 6.07) is -0.774. The van der Waals surface area contributed by atoms with Crippen molar-refractivity contribution in [1.29, 1.82) is 0 Å². The molecule has 1 aromatic heterocycles. The van der Waals surface area contributed by atoms with Gasteiger partial charge in [-0.25, -0.2) is 0 Å². The molecule has 0 saturated carbocycles. The normalized spacial score (nSPS) is 26.1. The number of nitrogens with zero attached hydrogens (tertiary/aromatic N) is 4. The maximum absolute atomic E-state index is 12.8. The van der Waals surface area contributed by atoms with E-state index in [4.69, 9.17) is 9.26 Å². The second kappa shape index (κ2) is 6.02. The third-order valence-electron chi connectivity index (χ3n) is 3.66. The summed E-state index contributed by atoms with van der Waals surface area (Å²) in [5.41, 5.74) is 0. The molecule has 3 heterocycles. The van der Waals surface area contributed by atoms with Crippen molar-refractivity contribution in [2.45, 2.75) is 19.0 Å². The SMILES string of the molecule is CC(=O)N1CSC[C@@H]1C(=O)N1CCOCC1c1ncon1. The molecule has 0 N–H and O–H groups in total. The van der Waals surface area contributed by atoms with Crippen molar-refractivity contribution in [2.24, 2.45) is 0 Å². The van der Waals surface area contributed by atoms with E-state index in [-0.39, 0.29) is 17.9 Å². The van der Waals surface area contributed by atoms with Crippen LogP contribution in [-0.4, -0.2) is 69.2 Å². The lowest BCUT2D eigenvalue weighted by molar-refractivity contribution is -0.149. The van der Waals surface area contributed by atoms with Crippen LogP contribution in [0.5, 0.6) is 0 Å². The van der Waals surface area contributed by atoms with Crippen molar-refractivity contribution >= 4 is 23.6 Å². The molecule has 0 radical (unpaired) electrons. The number of hydrogen-bond donors (Lipinski definition) is 0. The van der Waals surface area contributed by atoms with Crippen LogP contribution in [0.25, 0.3) is 0 Å². The molecule has 1 unspecified atom stereocenters. The molecule has 2 amide bonds. The highest BCUT2D eigenvalue weighted by Crippen LogP contribution is 2.27. The third-order valence-corrected chi connectivity index (χ3v) is 4.67. The number of ether oxygens (including phenoxy) is 1. The third kappa shape index (κ3) is 2.75. The van der Waals surface area contributed by atoms with Gasteiger partial charge in [-0.15, -0.1) is 11.8 Å². The van der Waals surface area contributed by atoms with E-state index in [1.807, 2.05) is 0 Å². The van der Waals surface area contributed by atoms with Crippen LogP contribution in [0.1, 0.15) is 18.8 Å². The smallest absolute Gasteiger partial charge is 0.247 e. The molecular weight excluding hydrogens is 296 g/mol. The molecular formula is C12H16N4O4S. The Bertz CT molecular complexity index is 523. The second-order valence-electron chi connectivity index (χ2n) is 4.92. The highest BCUT2D eigenvalue weighted by molar-refractivity contribution is 7.99. The van der Waals surface area contributed by atoms with Crippen molar-refractivity contribution in [3.63, 3.8) is 0 Å². The number of morpholine rings is 1. The lowest BCUT2D eigenvalue weighted by Crippen LogP contribution is -2.52. The monoisotopic (exact) mass is 312 g/mol. The van der Waals surface area contributed by atoms with Crippen LogP contribution in [0.4, 0.5) is 0 Å². The van der Waals surface area contributed by atoms with Gasteiger partial charge in [0.1, 0.15) is 12.1 Å². The van der Waals surface area contributed by atoms with E-state index in [0.717, 1.165) is 0 Å². The van der Waals surface area contributed by atoms with E-state index in [1.54, 1.807) is 21.6 Å². The average Bonchev–Trinajstić information content (AvgIpc) is 3.17. The Morgan fingerprint density at radius 3 is 3.00 bits per heavy atom. The molecule has 0 spiro atoms. The molecule has 3 rings (SSSR count). The van der Waals surface area contributed by atoms with E-state index in [9.17, 15) is 9.59 Å². The van der Waals surface area contributed by atoms with Gasteiger partial charge in [-0.1, -0.05) is 5.16 Å². The first-order chi connectivity index (χ1) is 10.2. The van der Waals surface area contributed by atoms with E-state index >= 15 is 0 Å². The Morgan fingerprint density at radius 1 is 1.43 bits per heavy atom. The van der Waals surface area contributed by atoms with Crippen LogP contribution in [0, 0.1) is 0 Å². The highest BCUT2D eigenvalue weighted by Gasteiger charge is 2.40. The average molecular weight is 312 g/mol. The molecule has 0 aliphatic carbocycles. The summed E-state index contributed by atoms with van der Waals surface area (Å²) in [6.45, 7) is 2.76. The van der Waals surface area contributed by atoms with Crippen LogP contribution < -0.4 is 0 Å². The first kappa shape index (κ1) is 14.3. The maximum Gasteiger partial charge on any atom is 0.247 e. The summed E-state index contributed by atoms with van der Waals surface area (Å²) >= 11 is 1.59. The Hall–Kier alpha value is -1.61. The zero-order valence-corrected chi connectivity index (χ0v) is 12.4. The lowest BCUT2D eigenvalue weighted by Gasteiger charge is -2.36. The largest absolute Gasteiger partial charge is 0.377 e. The van der Waals surface area contributed by atoms with Gasteiger partial charge >= 0.3 is 0 Å². The minimum absolute atomic E-state index is 0.0756. The number of thioether (sulfide) groups is 1. The minimum atomic E-state index is -0.417. The van der Waals surface area contributed by atoms with Gasteiger partial charge in [-0.3, -0.25) is 9.59 Å². The predicted octanol–water partition coefficient (Wildman–Crippen LogP) is -0.109. The standard InChI is InChI=1S/C12H16N4O4S/c1-8(17)16-7-21-5-10(16)12(18)15-2-3-19-4-9(15)11-13-6-20-14-11/h6,9-10H,2-5,7H2,1H3/t9?,10-/m1/s1. The molecule has 2 saturated heterocycles. The van der Waals surface area contributed by atoms with Crippen molar-refractivity contribution in [2.75, 3.05) is 31.4 Å². The fourth-order valence-corrected chi connectivity index (χ4v) is 3.77. The van der Waals surface area contributed by atoms with E-state index in [1.165, 1.54) is 13.3 Å². The van der Waals surface area contributed by atoms with Crippen LogP contribution in [0.3, 0.4) is 0 Å².